The molecule has 0 N–H and O–H groups in total. The highest BCUT2D eigenvalue weighted by Crippen LogP contribution is 2.54. The highest BCUT2D eigenvalue weighted by molar-refractivity contribution is 6.24. The first-order valence-corrected chi connectivity index (χ1v) is 28.6. The molecule has 4 nitrogen and oxygen atoms in total. The van der Waals surface area contributed by atoms with Gasteiger partial charge in [-0.1, -0.05) is 210 Å². The summed E-state index contributed by atoms with van der Waals surface area (Å²) in [6.45, 7) is 9.49. The average molecular weight is 1050 g/mol. The number of fused-ring (bicyclic) bond motifs is 13. The summed E-state index contributed by atoms with van der Waals surface area (Å²) in [5, 5.41) is 4.46. The van der Waals surface area contributed by atoms with Crippen molar-refractivity contribution < 1.29 is 4.42 Å². The first kappa shape index (κ1) is 47.8. The summed E-state index contributed by atoms with van der Waals surface area (Å²) in [6, 6.07) is 101. The van der Waals surface area contributed by atoms with E-state index < -0.39 is 0 Å². The minimum Gasteiger partial charge on any atom is -0.455 e. The van der Waals surface area contributed by atoms with Crippen LogP contribution in [0.5, 0.6) is 0 Å². The fraction of sp³-hybridized carbons (Fsp3) is 0.0769. The Morgan fingerprint density at radius 3 is 1.29 bits per heavy atom. The van der Waals surface area contributed by atoms with Crippen LogP contribution in [-0.4, -0.2) is 4.57 Å². The van der Waals surface area contributed by atoms with Gasteiger partial charge in [-0.15, -0.1) is 0 Å². The smallest absolute Gasteiger partial charge is 0.145 e. The number of hydrogen-bond donors (Lipinski definition) is 0. The zero-order chi connectivity index (χ0) is 54.8. The van der Waals surface area contributed by atoms with Gasteiger partial charge in [-0.3, -0.25) is 0 Å². The van der Waals surface area contributed by atoms with Gasteiger partial charge >= 0.3 is 0 Å². The van der Waals surface area contributed by atoms with Crippen molar-refractivity contribution in [3.8, 4) is 50.2 Å². The van der Waals surface area contributed by atoms with Crippen LogP contribution in [0.4, 0.5) is 34.1 Å². The molecule has 0 bridgehead atoms. The normalized spacial score (nSPS) is 13.6. The van der Waals surface area contributed by atoms with Gasteiger partial charge in [0.1, 0.15) is 11.2 Å². The molecule has 390 valence electrons. The molecule has 0 saturated carbocycles. The van der Waals surface area contributed by atoms with Crippen molar-refractivity contribution in [1.29, 1.82) is 0 Å². The molecule has 2 heterocycles. The predicted molar refractivity (Wildman–Crippen MR) is 343 cm³/mol. The summed E-state index contributed by atoms with van der Waals surface area (Å²) in [6.07, 6.45) is 0. The minimum absolute atomic E-state index is 0.216. The molecule has 16 rings (SSSR count). The van der Waals surface area contributed by atoms with E-state index in [9.17, 15) is 0 Å². The fourth-order valence-corrected chi connectivity index (χ4v) is 13.9. The van der Waals surface area contributed by atoms with Crippen LogP contribution < -0.4 is 9.80 Å². The van der Waals surface area contributed by atoms with Crippen LogP contribution >= 0.6 is 0 Å². The van der Waals surface area contributed by atoms with Gasteiger partial charge in [0.25, 0.3) is 0 Å². The number of rotatable bonds is 9. The first-order valence-electron chi connectivity index (χ1n) is 28.6. The lowest BCUT2D eigenvalue weighted by Gasteiger charge is -2.32. The van der Waals surface area contributed by atoms with Gasteiger partial charge < -0.3 is 18.8 Å². The van der Waals surface area contributed by atoms with Crippen molar-refractivity contribution in [3.05, 3.63) is 295 Å². The Kier molecular flexibility index (Phi) is 10.6. The van der Waals surface area contributed by atoms with Crippen molar-refractivity contribution in [2.45, 2.75) is 38.5 Å². The third-order valence-electron chi connectivity index (χ3n) is 18.0. The highest BCUT2D eigenvalue weighted by Gasteiger charge is 2.38. The molecule has 0 spiro atoms. The molecule has 0 unspecified atom stereocenters. The number of anilines is 6. The maximum Gasteiger partial charge on any atom is 0.145 e. The lowest BCUT2D eigenvalue weighted by molar-refractivity contribution is 0.660. The van der Waals surface area contributed by atoms with Crippen molar-refractivity contribution >= 4 is 77.9 Å². The Bertz CT molecular complexity index is 4640. The van der Waals surface area contributed by atoms with Crippen molar-refractivity contribution in [1.82, 2.24) is 4.57 Å². The summed E-state index contributed by atoms with van der Waals surface area (Å²) >= 11 is 0. The number of para-hydroxylation sites is 2. The fourth-order valence-electron chi connectivity index (χ4n) is 13.9. The van der Waals surface area contributed by atoms with Crippen LogP contribution in [0.3, 0.4) is 0 Å². The molecule has 0 radical (unpaired) electrons. The Hall–Kier alpha value is -10.2. The molecule has 4 heteroatoms. The number of benzene rings is 12. The lowest BCUT2D eigenvalue weighted by atomic mass is 9.82. The van der Waals surface area contributed by atoms with Gasteiger partial charge in [-0.2, -0.15) is 0 Å². The molecule has 14 aromatic rings. The lowest BCUT2D eigenvalue weighted by Crippen LogP contribution is -2.18. The van der Waals surface area contributed by atoms with Crippen LogP contribution in [0.25, 0.3) is 93.9 Å². The molecule has 0 fully saturated rings. The zero-order valence-corrected chi connectivity index (χ0v) is 46.2. The third kappa shape index (κ3) is 7.31. The molecule has 0 aliphatic heterocycles. The van der Waals surface area contributed by atoms with Gasteiger partial charge in [0.15, 0.2) is 0 Å². The van der Waals surface area contributed by atoms with Gasteiger partial charge in [0.2, 0.25) is 0 Å². The molecule has 0 atom stereocenters. The van der Waals surface area contributed by atoms with Crippen LogP contribution in [0.15, 0.2) is 277 Å². The van der Waals surface area contributed by atoms with E-state index in [1.165, 1.54) is 66.8 Å². The summed E-state index contributed by atoms with van der Waals surface area (Å²) in [5.41, 5.74) is 26.0. The predicted octanol–water partition coefficient (Wildman–Crippen LogP) is 21.6. The van der Waals surface area contributed by atoms with Crippen molar-refractivity contribution in [2.24, 2.45) is 0 Å². The average Bonchev–Trinajstić information content (AvgIpc) is 4.40. The molecule has 12 aromatic carbocycles. The monoisotopic (exact) mass is 1050 g/mol. The molecule has 2 aliphatic rings. The molecular formula is C78H57N3O. The maximum absolute atomic E-state index is 6.88. The summed E-state index contributed by atoms with van der Waals surface area (Å²) < 4.78 is 9.35. The SMILES string of the molecule is CC1(C)c2ccccc2-c2ccc(N(c3ccc(-c4ccccc4)cc3)c3cc(N(c4ccc(-c5ccccc5)cc4)c4ccc5c(c4)C(C)(C)c4ccccc4-5)cc(-n4c5ccccc5c5c6oc7ccccc7c6ccc54)c3)cc21. The quantitative estimate of drug-likeness (QED) is 0.144. The molecule has 82 heavy (non-hydrogen) atoms. The van der Waals surface area contributed by atoms with E-state index in [2.05, 4.69) is 315 Å². The minimum atomic E-state index is -0.216. The second-order valence-corrected chi connectivity index (χ2v) is 23.3. The molecule has 0 amide bonds. The van der Waals surface area contributed by atoms with Crippen LogP contribution in [-0.2, 0) is 10.8 Å². The maximum atomic E-state index is 6.88. The van der Waals surface area contributed by atoms with Crippen molar-refractivity contribution in [2.75, 3.05) is 9.80 Å². The molecule has 0 saturated heterocycles. The van der Waals surface area contributed by atoms with Crippen LogP contribution in [0.1, 0.15) is 49.9 Å². The molecular weight excluding hydrogens is 995 g/mol. The number of nitrogens with zero attached hydrogens (tertiary/aromatic N) is 3. The first-order chi connectivity index (χ1) is 40.2. The Balaban J connectivity index is 0.986. The van der Waals surface area contributed by atoms with E-state index in [4.69, 9.17) is 4.42 Å². The Morgan fingerprint density at radius 1 is 0.305 bits per heavy atom. The van der Waals surface area contributed by atoms with Crippen LogP contribution in [0.2, 0.25) is 0 Å². The Labute approximate surface area is 478 Å². The Morgan fingerprint density at radius 2 is 0.744 bits per heavy atom. The highest BCUT2D eigenvalue weighted by atomic mass is 16.3. The number of furan rings is 1. The molecule has 2 aromatic heterocycles. The van der Waals surface area contributed by atoms with E-state index in [1.807, 2.05) is 0 Å². The molecule has 2 aliphatic carbocycles. The second kappa shape index (κ2) is 18.2. The van der Waals surface area contributed by atoms with Crippen molar-refractivity contribution in [3.63, 3.8) is 0 Å². The summed E-state index contributed by atoms with van der Waals surface area (Å²) in [4.78, 5) is 4.96. The summed E-state index contributed by atoms with van der Waals surface area (Å²) in [7, 11) is 0. The van der Waals surface area contributed by atoms with E-state index in [0.717, 1.165) is 83.6 Å². The zero-order valence-electron chi connectivity index (χ0n) is 46.2. The number of hydrogen-bond acceptors (Lipinski definition) is 3. The second-order valence-electron chi connectivity index (χ2n) is 23.3. The van der Waals surface area contributed by atoms with E-state index in [-0.39, 0.29) is 10.8 Å². The standard InChI is InChI=1S/C78H57N3O/c1-77(2)68-27-15-11-23-61(68)63-41-39-56(48-70(63)77)79(54-35-31-52(32-36-54)50-19-7-5-8-20-50)58-45-59(47-60(46-58)81-72-29-17-13-26-67(72)75-73(81)44-43-66-65-25-14-18-30-74(65)82-76(66)75)80(55-37-33-53(34-38-55)51-21-9-6-10-22-51)57-40-42-64-62-24-12-16-28-69(62)78(3,4)71(64)49-57/h5-49H,1-4H3. The third-order valence-corrected chi connectivity index (χ3v) is 18.0. The van der Waals surface area contributed by atoms with E-state index in [1.54, 1.807) is 0 Å². The van der Waals surface area contributed by atoms with E-state index in [0.29, 0.717) is 0 Å². The number of aromatic nitrogens is 1. The van der Waals surface area contributed by atoms with Gasteiger partial charge in [-0.25, -0.2) is 0 Å². The van der Waals surface area contributed by atoms with Crippen LogP contribution in [0, 0.1) is 0 Å². The van der Waals surface area contributed by atoms with Gasteiger partial charge in [-0.05, 0) is 158 Å². The van der Waals surface area contributed by atoms with Gasteiger partial charge in [0, 0.05) is 49.7 Å². The van der Waals surface area contributed by atoms with Gasteiger partial charge in [0.05, 0.1) is 33.5 Å². The van der Waals surface area contributed by atoms with E-state index >= 15 is 0 Å². The largest absolute Gasteiger partial charge is 0.455 e. The summed E-state index contributed by atoms with van der Waals surface area (Å²) in [5.74, 6) is 0. The topological polar surface area (TPSA) is 24.6 Å².